The molecule has 1 aromatic heterocycles. The van der Waals surface area contributed by atoms with E-state index in [0.717, 1.165) is 22.8 Å². The number of nitrogens with zero attached hydrogens (tertiary/aromatic N) is 2. The molecule has 0 unspecified atom stereocenters. The molecule has 1 aliphatic rings. The van der Waals surface area contributed by atoms with E-state index in [0.29, 0.717) is 0 Å². The monoisotopic (exact) mass is 321 g/mol. The fourth-order valence-electron chi connectivity index (χ4n) is 1.98. The molecule has 20 heavy (non-hydrogen) atoms. The first-order chi connectivity index (χ1) is 9.23. The normalized spacial score (nSPS) is 19.1. The molecule has 8 nitrogen and oxygen atoms in total. The van der Waals surface area contributed by atoms with Crippen LogP contribution in [-0.4, -0.2) is 62.9 Å². The van der Waals surface area contributed by atoms with E-state index in [1.807, 2.05) is 0 Å². The second-order valence-electron chi connectivity index (χ2n) is 4.44. The molecule has 1 aromatic rings. The van der Waals surface area contributed by atoms with Crippen molar-refractivity contribution in [1.29, 1.82) is 0 Å². The van der Waals surface area contributed by atoms with Gasteiger partial charge < -0.3 is 4.98 Å². The summed E-state index contributed by atoms with van der Waals surface area (Å²) in [5.41, 5.74) is -0.589. The van der Waals surface area contributed by atoms with Crippen molar-refractivity contribution in [3.8, 4) is 0 Å². The van der Waals surface area contributed by atoms with Crippen molar-refractivity contribution in [3.05, 3.63) is 28.7 Å². The predicted molar refractivity (Wildman–Crippen MR) is 72.2 cm³/mol. The Bertz CT molecular complexity index is 745. The van der Waals surface area contributed by atoms with Gasteiger partial charge in [-0.3, -0.25) is 4.79 Å². The molecule has 2 heterocycles. The van der Waals surface area contributed by atoms with E-state index < -0.39 is 25.5 Å². The highest BCUT2D eigenvalue weighted by molar-refractivity contribution is 7.89. The number of aromatic nitrogens is 1. The summed E-state index contributed by atoms with van der Waals surface area (Å²) in [6, 6.07) is 1.14. The number of hydrogen-bond acceptors (Lipinski definition) is 5. The first-order valence-corrected chi connectivity index (χ1v) is 9.14. The van der Waals surface area contributed by atoms with Gasteiger partial charge in [-0.1, -0.05) is 0 Å². The van der Waals surface area contributed by atoms with Crippen molar-refractivity contribution in [2.24, 2.45) is 0 Å². The van der Waals surface area contributed by atoms with Crippen LogP contribution in [0.1, 0.15) is 0 Å². The van der Waals surface area contributed by atoms with Crippen LogP contribution < -0.4 is 5.43 Å². The van der Waals surface area contributed by atoms with E-state index in [9.17, 15) is 21.6 Å². The highest BCUT2D eigenvalue weighted by atomic mass is 32.2. The molecule has 0 spiro atoms. The number of sulfonamides is 2. The minimum absolute atomic E-state index is 0.0315. The van der Waals surface area contributed by atoms with E-state index in [-0.39, 0.29) is 31.1 Å². The van der Waals surface area contributed by atoms with Crippen molar-refractivity contribution in [2.45, 2.75) is 4.90 Å². The maximum absolute atomic E-state index is 12.3. The number of H-pyrrole nitrogens is 1. The summed E-state index contributed by atoms with van der Waals surface area (Å²) in [4.78, 5) is 13.8. The molecule has 0 radical (unpaired) electrons. The molecule has 2 rings (SSSR count). The van der Waals surface area contributed by atoms with Gasteiger partial charge >= 0.3 is 0 Å². The van der Waals surface area contributed by atoms with Gasteiger partial charge in [-0.25, -0.2) is 16.8 Å². The molecule has 10 heteroatoms. The first-order valence-electron chi connectivity index (χ1n) is 5.85. The molecule has 0 saturated carbocycles. The molecule has 1 aliphatic heterocycles. The van der Waals surface area contributed by atoms with Crippen LogP contribution in [0.5, 0.6) is 0 Å². The third kappa shape index (κ3) is 2.92. The highest BCUT2D eigenvalue weighted by Gasteiger charge is 2.32. The van der Waals surface area contributed by atoms with Crippen LogP contribution >= 0.6 is 0 Å². The zero-order valence-electron chi connectivity index (χ0n) is 10.8. The predicted octanol–water partition coefficient (Wildman–Crippen LogP) is -1.36. The quantitative estimate of drug-likeness (QED) is 0.740. The third-order valence-corrected chi connectivity index (χ3v) is 6.30. The zero-order valence-corrected chi connectivity index (χ0v) is 12.4. The average Bonchev–Trinajstić information content (AvgIpc) is 2.38. The Morgan fingerprint density at radius 2 is 1.60 bits per heavy atom. The maximum Gasteiger partial charge on any atom is 0.248 e. The Hall–Kier alpha value is -1.23. The Labute approximate surface area is 117 Å². The topological polar surface area (TPSA) is 108 Å². The molecule has 1 saturated heterocycles. The number of aromatic amines is 1. The Morgan fingerprint density at radius 1 is 1.05 bits per heavy atom. The first kappa shape index (κ1) is 15.2. The van der Waals surface area contributed by atoms with E-state index >= 15 is 0 Å². The standard InChI is InChI=1S/C10H15N3O5S2/c1-19(15,16)12-4-6-13(7-5-12)20(17,18)10-8-11-3-2-9(10)14/h2-3,8H,4-7H2,1H3,(H,11,14). The lowest BCUT2D eigenvalue weighted by molar-refractivity contribution is 0.274. The van der Waals surface area contributed by atoms with Gasteiger partial charge in [0.15, 0.2) is 0 Å². The van der Waals surface area contributed by atoms with Crippen molar-refractivity contribution in [3.63, 3.8) is 0 Å². The maximum atomic E-state index is 12.3. The average molecular weight is 321 g/mol. The lowest BCUT2D eigenvalue weighted by atomic mass is 10.4. The summed E-state index contributed by atoms with van der Waals surface area (Å²) in [5.74, 6) is 0. The van der Waals surface area contributed by atoms with Crippen molar-refractivity contribution < 1.29 is 16.8 Å². The molecule has 1 N–H and O–H groups in total. The van der Waals surface area contributed by atoms with Crippen LogP contribution in [-0.2, 0) is 20.0 Å². The fraction of sp³-hybridized carbons (Fsp3) is 0.500. The summed E-state index contributed by atoms with van der Waals surface area (Å²) < 4.78 is 49.7. The van der Waals surface area contributed by atoms with Crippen LogP contribution in [0, 0.1) is 0 Å². The summed E-state index contributed by atoms with van der Waals surface area (Å²) in [5, 5.41) is 0. The van der Waals surface area contributed by atoms with Crippen molar-refractivity contribution >= 4 is 20.0 Å². The van der Waals surface area contributed by atoms with Gasteiger partial charge in [0, 0.05) is 44.6 Å². The van der Waals surface area contributed by atoms with E-state index in [4.69, 9.17) is 0 Å². The second-order valence-corrected chi connectivity index (χ2v) is 8.33. The van der Waals surface area contributed by atoms with Crippen LogP contribution in [0.4, 0.5) is 0 Å². The molecule has 0 aliphatic carbocycles. The second kappa shape index (κ2) is 5.28. The van der Waals surface area contributed by atoms with Crippen LogP contribution in [0.25, 0.3) is 0 Å². The van der Waals surface area contributed by atoms with Gasteiger partial charge in [-0.05, 0) is 0 Å². The molecule has 0 aromatic carbocycles. The fourth-order valence-corrected chi connectivity index (χ4v) is 4.27. The number of piperazine rings is 1. The van der Waals surface area contributed by atoms with E-state index in [1.165, 1.54) is 10.5 Å². The van der Waals surface area contributed by atoms with Gasteiger partial charge in [0.1, 0.15) is 4.90 Å². The summed E-state index contributed by atoms with van der Waals surface area (Å²) in [6.07, 6.45) is 3.57. The Morgan fingerprint density at radius 3 is 2.10 bits per heavy atom. The lowest BCUT2D eigenvalue weighted by Gasteiger charge is -2.32. The molecule has 112 valence electrons. The molecule has 0 amide bonds. The third-order valence-electron chi connectivity index (χ3n) is 3.07. The largest absolute Gasteiger partial charge is 0.366 e. The number of hydrogen-bond donors (Lipinski definition) is 1. The molecular formula is C10H15N3O5S2. The smallest absolute Gasteiger partial charge is 0.248 e. The summed E-state index contributed by atoms with van der Waals surface area (Å²) in [7, 11) is -7.22. The molecular weight excluding hydrogens is 306 g/mol. The summed E-state index contributed by atoms with van der Waals surface area (Å²) >= 11 is 0. The minimum Gasteiger partial charge on any atom is -0.366 e. The van der Waals surface area contributed by atoms with E-state index in [2.05, 4.69) is 4.98 Å². The Kier molecular flexibility index (Phi) is 4.00. The van der Waals surface area contributed by atoms with Crippen LogP contribution in [0.3, 0.4) is 0 Å². The van der Waals surface area contributed by atoms with Gasteiger partial charge in [0.05, 0.1) is 6.26 Å². The van der Waals surface area contributed by atoms with Gasteiger partial charge in [-0.15, -0.1) is 0 Å². The number of nitrogens with one attached hydrogen (secondary N) is 1. The van der Waals surface area contributed by atoms with Crippen LogP contribution in [0.15, 0.2) is 28.2 Å². The summed E-state index contributed by atoms with van der Waals surface area (Å²) in [6.45, 7) is 0.235. The zero-order chi connectivity index (χ0) is 15.0. The highest BCUT2D eigenvalue weighted by Crippen LogP contribution is 2.15. The van der Waals surface area contributed by atoms with Gasteiger partial charge in [0.25, 0.3) is 0 Å². The molecule has 0 bridgehead atoms. The van der Waals surface area contributed by atoms with Crippen molar-refractivity contribution in [2.75, 3.05) is 32.4 Å². The lowest BCUT2D eigenvalue weighted by Crippen LogP contribution is -2.50. The number of pyridine rings is 1. The van der Waals surface area contributed by atoms with Gasteiger partial charge in [0.2, 0.25) is 25.5 Å². The van der Waals surface area contributed by atoms with Gasteiger partial charge in [-0.2, -0.15) is 8.61 Å². The van der Waals surface area contributed by atoms with Crippen LogP contribution in [0.2, 0.25) is 0 Å². The van der Waals surface area contributed by atoms with E-state index in [1.54, 1.807) is 0 Å². The van der Waals surface area contributed by atoms with Crippen molar-refractivity contribution in [1.82, 2.24) is 13.6 Å². The molecule has 0 atom stereocenters. The Balaban J connectivity index is 2.23. The molecule has 1 fully saturated rings. The minimum atomic E-state index is -3.89. The number of rotatable bonds is 3. The SMILES string of the molecule is CS(=O)(=O)N1CCN(S(=O)(=O)c2c[nH]ccc2=O)CC1.